The molecule has 0 spiro atoms. The molecule has 0 unspecified atom stereocenters. The molecule has 3 heterocycles. The van der Waals surface area contributed by atoms with Gasteiger partial charge in [0.25, 0.3) is 5.91 Å². The third kappa shape index (κ3) is 3.68. The Morgan fingerprint density at radius 1 is 0.963 bits per heavy atom. The second-order valence-electron chi connectivity index (χ2n) is 6.16. The summed E-state index contributed by atoms with van der Waals surface area (Å²) in [6.45, 7) is 2.00. The molecule has 27 heavy (non-hydrogen) atoms. The van der Waals surface area contributed by atoms with Crippen LogP contribution in [0.2, 0.25) is 0 Å². The molecule has 1 aromatic carbocycles. The summed E-state index contributed by atoms with van der Waals surface area (Å²) >= 11 is 0. The lowest BCUT2D eigenvalue weighted by Crippen LogP contribution is -2.51. The van der Waals surface area contributed by atoms with Gasteiger partial charge < -0.3 is 9.80 Å². The fraction of sp³-hybridized carbons (Fsp3) is 0.294. The van der Waals surface area contributed by atoms with E-state index in [2.05, 4.69) is 20.6 Å². The van der Waals surface area contributed by atoms with Crippen molar-refractivity contribution in [2.75, 3.05) is 26.2 Å². The number of amides is 2. The quantitative estimate of drug-likeness (QED) is 0.636. The van der Waals surface area contributed by atoms with E-state index in [1.807, 2.05) is 30.3 Å². The zero-order valence-corrected chi connectivity index (χ0v) is 14.5. The largest absolute Gasteiger partial charge is 0.338 e. The van der Waals surface area contributed by atoms with Crippen molar-refractivity contribution in [3.05, 3.63) is 54.6 Å². The van der Waals surface area contributed by atoms with Crippen LogP contribution in [0.15, 0.2) is 48.9 Å². The van der Waals surface area contributed by atoms with Gasteiger partial charge in [-0.15, -0.1) is 5.10 Å². The molecule has 1 aliphatic rings. The molecule has 0 N–H and O–H groups in total. The van der Waals surface area contributed by atoms with Crippen LogP contribution in [0.3, 0.4) is 0 Å². The third-order valence-corrected chi connectivity index (χ3v) is 4.44. The van der Waals surface area contributed by atoms with Gasteiger partial charge in [0.15, 0.2) is 5.69 Å². The van der Waals surface area contributed by atoms with Crippen LogP contribution in [-0.4, -0.2) is 77.8 Å². The van der Waals surface area contributed by atoms with Crippen LogP contribution in [0.5, 0.6) is 0 Å². The van der Waals surface area contributed by atoms with E-state index in [0.29, 0.717) is 31.9 Å². The van der Waals surface area contributed by atoms with Crippen LogP contribution in [-0.2, 0) is 11.3 Å². The molecule has 3 aromatic rings. The first-order valence-electron chi connectivity index (χ1n) is 8.59. The number of nitrogens with zero attached hydrogens (tertiary/aromatic N) is 8. The minimum atomic E-state index is -0.128. The molecule has 4 rings (SSSR count). The molecule has 0 radical (unpaired) electrons. The van der Waals surface area contributed by atoms with Crippen LogP contribution in [0.25, 0.3) is 5.69 Å². The fourth-order valence-corrected chi connectivity index (χ4v) is 2.97. The van der Waals surface area contributed by atoms with Gasteiger partial charge in [0.1, 0.15) is 12.9 Å². The van der Waals surface area contributed by atoms with Crippen molar-refractivity contribution >= 4 is 11.8 Å². The average molecular weight is 366 g/mol. The van der Waals surface area contributed by atoms with Gasteiger partial charge >= 0.3 is 0 Å². The zero-order chi connectivity index (χ0) is 18.6. The Bertz CT molecular complexity index is 914. The number of piperazine rings is 1. The summed E-state index contributed by atoms with van der Waals surface area (Å²) in [6.07, 6.45) is 3.18. The lowest BCUT2D eigenvalue weighted by molar-refractivity contribution is -0.133. The highest BCUT2D eigenvalue weighted by Gasteiger charge is 2.26. The summed E-state index contributed by atoms with van der Waals surface area (Å²) in [5.74, 6) is -0.194. The van der Waals surface area contributed by atoms with E-state index < -0.39 is 0 Å². The molecule has 1 fully saturated rings. The normalized spacial score (nSPS) is 14.4. The van der Waals surface area contributed by atoms with Crippen molar-refractivity contribution in [2.24, 2.45) is 0 Å². The standard InChI is InChI=1S/C17H18N8O2/c26-16(12-24-13-18-20-21-24)22-8-10-23(11-9-22)17(27)15-6-7-25(19-15)14-4-2-1-3-5-14/h1-7,13H,8-12H2. The summed E-state index contributed by atoms with van der Waals surface area (Å²) in [5, 5.41) is 15.1. The highest BCUT2D eigenvalue weighted by molar-refractivity contribution is 5.92. The van der Waals surface area contributed by atoms with Crippen LogP contribution in [0.4, 0.5) is 0 Å². The molecule has 10 nitrogen and oxygen atoms in total. The van der Waals surface area contributed by atoms with Crippen LogP contribution in [0, 0.1) is 0 Å². The van der Waals surface area contributed by atoms with E-state index in [1.165, 1.54) is 11.0 Å². The Kier molecular flexibility index (Phi) is 4.60. The molecule has 0 atom stereocenters. The summed E-state index contributed by atoms with van der Waals surface area (Å²) in [6, 6.07) is 11.3. The second-order valence-corrected chi connectivity index (χ2v) is 6.16. The predicted octanol–water partition coefficient (Wildman–Crippen LogP) is -0.157. The second kappa shape index (κ2) is 7.36. The topological polar surface area (TPSA) is 102 Å². The third-order valence-electron chi connectivity index (χ3n) is 4.44. The van der Waals surface area contributed by atoms with Crippen molar-refractivity contribution in [3.63, 3.8) is 0 Å². The van der Waals surface area contributed by atoms with Crippen molar-refractivity contribution in [2.45, 2.75) is 6.54 Å². The zero-order valence-electron chi connectivity index (χ0n) is 14.5. The molecule has 1 saturated heterocycles. The van der Waals surface area contributed by atoms with Gasteiger partial charge in [-0.25, -0.2) is 9.36 Å². The van der Waals surface area contributed by atoms with Crippen LogP contribution >= 0.6 is 0 Å². The number of carbonyl (C=O) groups is 2. The molecule has 2 amide bonds. The number of hydrogen-bond acceptors (Lipinski definition) is 6. The summed E-state index contributed by atoms with van der Waals surface area (Å²) in [7, 11) is 0. The molecule has 0 saturated carbocycles. The van der Waals surface area contributed by atoms with Crippen LogP contribution in [0.1, 0.15) is 10.5 Å². The summed E-state index contributed by atoms with van der Waals surface area (Å²) in [5.41, 5.74) is 1.29. The van der Waals surface area contributed by atoms with E-state index in [1.54, 1.807) is 26.7 Å². The lowest BCUT2D eigenvalue weighted by Gasteiger charge is -2.34. The van der Waals surface area contributed by atoms with Gasteiger partial charge in [0, 0.05) is 32.4 Å². The highest BCUT2D eigenvalue weighted by Crippen LogP contribution is 2.11. The van der Waals surface area contributed by atoms with Gasteiger partial charge in [0.05, 0.1) is 5.69 Å². The van der Waals surface area contributed by atoms with E-state index in [0.717, 1.165) is 5.69 Å². The van der Waals surface area contributed by atoms with Gasteiger partial charge in [-0.2, -0.15) is 5.10 Å². The number of aromatic nitrogens is 6. The maximum atomic E-state index is 12.7. The van der Waals surface area contributed by atoms with E-state index in [-0.39, 0.29) is 18.4 Å². The van der Waals surface area contributed by atoms with Crippen molar-refractivity contribution in [3.8, 4) is 5.69 Å². The lowest BCUT2D eigenvalue weighted by atomic mass is 10.2. The minimum absolute atomic E-state index is 0.0669. The minimum Gasteiger partial charge on any atom is -0.338 e. The van der Waals surface area contributed by atoms with Gasteiger partial charge in [-0.3, -0.25) is 9.59 Å². The smallest absolute Gasteiger partial charge is 0.274 e. The molecule has 10 heteroatoms. The van der Waals surface area contributed by atoms with Crippen molar-refractivity contribution < 1.29 is 9.59 Å². The molecule has 1 aliphatic heterocycles. The predicted molar refractivity (Wildman–Crippen MR) is 93.9 cm³/mol. The Morgan fingerprint density at radius 2 is 1.70 bits per heavy atom. The summed E-state index contributed by atoms with van der Waals surface area (Å²) in [4.78, 5) is 28.4. The maximum Gasteiger partial charge on any atom is 0.274 e. The molecule has 0 bridgehead atoms. The molecule has 2 aromatic heterocycles. The summed E-state index contributed by atoms with van der Waals surface area (Å²) < 4.78 is 3.06. The van der Waals surface area contributed by atoms with Gasteiger partial charge in [-0.1, -0.05) is 18.2 Å². The Balaban J connectivity index is 1.35. The SMILES string of the molecule is O=C(Cn1cnnn1)N1CCN(C(=O)c2ccn(-c3ccccc3)n2)CC1. The fourth-order valence-electron chi connectivity index (χ4n) is 2.97. The number of tetrazole rings is 1. The monoisotopic (exact) mass is 366 g/mol. The first-order valence-corrected chi connectivity index (χ1v) is 8.59. The average Bonchev–Trinajstić information content (AvgIpc) is 3.40. The Hall–Kier alpha value is -3.56. The number of benzene rings is 1. The number of para-hydroxylation sites is 1. The molecular formula is C17H18N8O2. The van der Waals surface area contributed by atoms with Gasteiger partial charge in [0.2, 0.25) is 5.91 Å². The van der Waals surface area contributed by atoms with Crippen molar-refractivity contribution in [1.29, 1.82) is 0 Å². The number of hydrogen-bond donors (Lipinski definition) is 0. The Morgan fingerprint density at radius 3 is 2.41 bits per heavy atom. The molecule has 0 aliphatic carbocycles. The first kappa shape index (κ1) is 16.9. The number of rotatable bonds is 4. The number of carbonyl (C=O) groups excluding carboxylic acids is 2. The van der Waals surface area contributed by atoms with E-state index in [4.69, 9.17) is 0 Å². The Labute approximate surface area is 155 Å². The van der Waals surface area contributed by atoms with E-state index >= 15 is 0 Å². The van der Waals surface area contributed by atoms with Crippen LogP contribution < -0.4 is 0 Å². The van der Waals surface area contributed by atoms with Crippen molar-refractivity contribution in [1.82, 2.24) is 39.8 Å². The van der Waals surface area contributed by atoms with Gasteiger partial charge in [-0.05, 0) is 28.6 Å². The molecular weight excluding hydrogens is 348 g/mol. The molecule has 138 valence electrons. The van der Waals surface area contributed by atoms with E-state index in [9.17, 15) is 9.59 Å². The first-order chi connectivity index (χ1) is 13.2. The highest BCUT2D eigenvalue weighted by atomic mass is 16.2. The maximum absolute atomic E-state index is 12.7.